The van der Waals surface area contributed by atoms with E-state index in [2.05, 4.69) is 22.3 Å². The monoisotopic (exact) mass is 269 g/mol. The van der Waals surface area contributed by atoms with Crippen LogP contribution in [0.2, 0.25) is 0 Å². The molecule has 20 heavy (non-hydrogen) atoms. The van der Waals surface area contributed by atoms with E-state index in [0.717, 1.165) is 11.1 Å². The van der Waals surface area contributed by atoms with Gasteiger partial charge in [0, 0.05) is 16.8 Å². The van der Waals surface area contributed by atoms with Crippen molar-refractivity contribution >= 4 is 11.6 Å². The highest BCUT2D eigenvalue weighted by molar-refractivity contribution is 6.03. The van der Waals surface area contributed by atoms with Gasteiger partial charge in [-0.15, -0.1) is 0 Å². The third kappa shape index (κ3) is 3.05. The summed E-state index contributed by atoms with van der Waals surface area (Å²) in [4.78, 5) is 12.1. The van der Waals surface area contributed by atoms with E-state index in [1.807, 2.05) is 25.1 Å². The Balaban J connectivity index is 2.25. The van der Waals surface area contributed by atoms with Gasteiger partial charge < -0.3 is 15.6 Å². The summed E-state index contributed by atoms with van der Waals surface area (Å²) in [5.41, 5.74) is 8.46. The topological polar surface area (TPSA) is 81.1 Å². The molecule has 2 aromatic rings. The van der Waals surface area contributed by atoms with Crippen LogP contribution >= 0.6 is 0 Å². The lowest BCUT2D eigenvalue weighted by atomic mass is 10.1. The summed E-state index contributed by atoms with van der Waals surface area (Å²) in [7, 11) is 0. The van der Waals surface area contributed by atoms with E-state index in [4.69, 9.17) is 10.3 Å². The molecule has 0 saturated carbocycles. The quantitative estimate of drug-likeness (QED) is 0.815. The number of aryl methyl sites for hydroxylation is 2. The maximum atomic E-state index is 12.1. The molecule has 1 aromatic carbocycles. The molecule has 2 rings (SSSR count). The molecule has 1 aromatic heterocycles. The third-order valence-electron chi connectivity index (χ3n) is 2.78. The molecule has 0 spiro atoms. The lowest BCUT2D eigenvalue weighted by Gasteiger charge is -2.07. The molecule has 0 aliphatic rings. The number of anilines is 1. The number of aromatic nitrogens is 1. The average Bonchev–Trinajstić information content (AvgIpc) is 2.86. The Labute approximate surface area is 117 Å². The second-order valence-corrected chi connectivity index (χ2v) is 4.33. The molecule has 5 nitrogen and oxygen atoms in total. The summed E-state index contributed by atoms with van der Waals surface area (Å²) in [5.74, 6) is 5.59. The minimum Gasteiger partial charge on any atom is -0.351 e. The first-order valence-electron chi connectivity index (χ1n) is 6.14. The molecule has 1 amide bonds. The standard InChI is InChI=1S/C15H15N3O2/c1-10-5-6-12(4-3-7-16)8-13(10)18-15(19)14-11(2)9-17-20-14/h5-6,8-9H,7,16H2,1-2H3,(H,18,19). The maximum absolute atomic E-state index is 12.1. The van der Waals surface area contributed by atoms with Gasteiger partial charge in [-0.3, -0.25) is 4.79 Å². The van der Waals surface area contributed by atoms with Gasteiger partial charge in [0.05, 0.1) is 12.7 Å². The van der Waals surface area contributed by atoms with Gasteiger partial charge in [0.25, 0.3) is 5.91 Å². The van der Waals surface area contributed by atoms with Crippen LogP contribution in [-0.2, 0) is 0 Å². The number of hydrogen-bond acceptors (Lipinski definition) is 4. The van der Waals surface area contributed by atoms with Gasteiger partial charge in [-0.2, -0.15) is 0 Å². The van der Waals surface area contributed by atoms with Gasteiger partial charge >= 0.3 is 0 Å². The number of benzene rings is 1. The Morgan fingerprint density at radius 2 is 2.20 bits per heavy atom. The molecule has 0 aliphatic heterocycles. The predicted molar refractivity (Wildman–Crippen MR) is 76.3 cm³/mol. The van der Waals surface area contributed by atoms with E-state index in [1.54, 1.807) is 6.92 Å². The number of amides is 1. The van der Waals surface area contributed by atoms with Gasteiger partial charge in [-0.1, -0.05) is 23.1 Å². The van der Waals surface area contributed by atoms with Crippen LogP contribution in [0.15, 0.2) is 28.9 Å². The van der Waals surface area contributed by atoms with Crippen LogP contribution in [0.1, 0.15) is 27.2 Å². The molecule has 0 bridgehead atoms. The van der Waals surface area contributed by atoms with Gasteiger partial charge in [-0.25, -0.2) is 0 Å². The maximum Gasteiger partial charge on any atom is 0.294 e. The van der Waals surface area contributed by atoms with Crippen molar-refractivity contribution in [3.05, 3.63) is 46.8 Å². The van der Waals surface area contributed by atoms with Crippen LogP contribution in [0, 0.1) is 25.7 Å². The Hall–Kier alpha value is -2.58. The SMILES string of the molecule is Cc1ccc(C#CCN)cc1NC(=O)c1oncc1C. The number of nitrogens with one attached hydrogen (secondary N) is 1. The molecule has 0 fully saturated rings. The number of carbonyl (C=O) groups is 1. The van der Waals surface area contributed by atoms with Crippen molar-refractivity contribution in [3.63, 3.8) is 0 Å². The number of nitrogens with zero attached hydrogens (tertiary/aromatic N) is 1. The summed E-state index contributed by atoms with van der Waals surface area (Å²) >= 11 is 0. The van der Waals surface area contributed by atoms with Crippen molar-refractivity contribution in [2.45, 2.75) is 13.8 Å². The zero-order chi connectivity index (χ0) is 14.5. The second-order valence-electron chi connectivity index (χ2n) is 4.33. The zero-order valence-corrected chi connectivity index (χ0v) is 11.4. The van der Waals surface area contributed by atoms with Gasteiger partial charge in [-0.05, 0) is 31.5 Å². The Kier molecular flexibility index (Phi) is 4.18. The Morgan fingerprint density at radius 1 is 1.40 bits per heavy atom. The van der Waals surface area contributed by atoms with E-state index >= 15 is 0 Å². The molecule has 0 saturated heterocycles. The zero-order valence-electron chi connectivity index (χ0n) is 11.4. The average molecular weight is 269 g/mol. The molecule has 1 heterocycles. The van der Waals surface area contributed by atoms with Crippen molar-refractivity contribution < 1.29 is 9.32 Å². The Bertz CT molecular complexity index is 693. The Morgan fingerprint density at radius 3 is 2.85 bits per heavy atom. The molecule has 0 aliphatic carbocycles. The van der Waals surface area contributed by atoms with Crippen LogP contribution in [0.4, 0.5) is 5.69 Å². The summed E-state index contributed by atoms with van der Waals surface area (Å²) < 4.78 is 4.93. The van der Waals surface area contributed by atoms with Crippen molar-refractivity contribution in [3.8, 4) is 11.8 Å². The highest BCUT2D eigenvalue weighted by Crippen LogP contribution is 2.18. The normalized spacial score (nSPS) is 9.75. The smallest absolute Gasteiger partial charge is 0.294 e. The highest BCUT2D eigenvalue weighted by Gasteiger charge is 2.15. The van der Waals surface area contributed by atoms with Gasteiger partial charge in [0.15, 0.2) is 0 Å². The summed E-state index contributed by atoms with van der Waals surface area (Å²) in [6.45, 7) is 3.97. The third-order valence-corrected chi connectivity index (χ3v) is 2.78. The molecule has 0 radical (unpaired) electrons. The van der Waals surface area contributed by atoms with E-state index in [9.17, 15) is 4.79 Å². The minimum absolute atomic E-state index is 0.211. The molecule has 0 atom stereocenters. The lowest BCUT2D eigenvalue weighted by molar-refractivity contribution is 0.0987. The van der Waals surface area contributed by atoms with Crippen LogP contribution < -0.4 is 11.1 Å². The highest BCUT2D eigenvalue weighted by atomic mass is 16.5. The number of nitrogens with two attached hydrogens (primary N) is 1. The largest absolute Gasteiger partial charge is 0.351 e. The minimum atomic E-state index is -0.327. The fourth-order valence-electron chi connectivity index (χ4n) is 1.68. The van der Waals surface area contributed by atoms with E-state index in [-0.39, 0.29) is 11.7 Å². The molecule has 102 valence electrons. The van der Waals surface area contributed by atoms with Gasteiger partial charge in [0.1, 0.15) is 0 Å². The van der Waals surface area contributed by atoms with E-state index in [0.29, 0.717) is 17.8 Å². The number of carbonyl (C=O) groups excluding carboxylic acids is 1. The number of hydrogen-bond donors (Lipinski definition) is 2. The van der Waals surface area contributed by atoms with E-state index in [1.165, 1.54) is 6.20 Å². The number of rotatable bonds is 2. The first kappa shape index (κ1) is 13.8. The van der Waals surface area contributed by atoms with Crippen LogP contribution in [0.3, 0.4) is 0 Å². The lowest BCUT2D eigenvalue weighted by Crippen LogP contribution is -2.13. The van der Waals surface area contributed by atoms with Crippen LogP contribution in [-0.4, -0.2) is 17.6 Å². The summed E-state index contributed by atoms with van der Waals surface area (Å²) in [6.07, 6.45) is 1.50. The van der Waals surface area contributed by atoms with Crippen molar-refractivity contribution in [2.75, 3.05) is 11.9 Å². The molecule has 5 heteroatoms. The van der Waals surface area contributed by atoms with Crippen LogP contribution in [0.5, 0.6) is 0 Å². The fraction of sp³-hybridized carbons (Fsp3) is 0.200. The van der Waals surface area contributed by atoms with Gasteiger partial charge in [0.2, 0.25) is 5.76 Å². The fourth-order valence-corrected chi connectivity index (χ4v) is 1.68. The van der Waals surface area contributed by atoms with Crippen molar-refractivity contribution in [1.29, 1.82) is 0 Å². The molecule has 3 N–H and O–H groups in total. The second kappa shape index (κ2) is 6.04. The van der Waals surface area contributed by atoms with Crippen molar-refractivity contribution in [1.82, 2.24) is 5.16 Å². The first-order valence-corrected chi connectivity index (χ1v) is 6.14. The molecular weight excluding hydrogens is 254 g/mol. The predicted octanol–water partition coefficient (Wildman–Crippen LogP) is 1.85. The van der Waals surface area contributed by atoms with Crippen LogP contribution in [0.25, 0.3) is 0 Å². The summed E-state index contributed by atoms with van der Waals surface area (Å²) in [5, 5.41) is 6.39. The molecular formula is C15H15N3O2. The molecule has 0 unspecified atom stereocenters. The van der Waals surface area contributed by atoms with E-state index < -0.39 is 0 Å². The summed E-state index contributed by atoms with van der Waals surface area (Å²) in [6, 6.07) is 5.58. The van der Waals surface area contributed by atoms with Crippen molar-refractivity contribution in [2.24, 2.45) is 5.73 Å². The first-order chi connectivity index (χ1) is 9.61.